The molecule has 3 aliphatic rings. The molecule has 3 fully saturated rings. The molecule has 0 aromatic carbocycles. The largest absolute Gasteiger partial charge is 0.379 e. The second-order valence-electron chi connectivity index (χ2n) is 11.8. The third kappa shape index (κ3) is 18.3. The molecule has 0 aliphatic carbocycles. The van der Waals surface area contributed by atoms with Crippen LogP contribution < -0.4 is 21.3 Å². The highest BCUT2D eigenvalue weighted by molar-refractivity contribution is 8.00. The SMILES string of the molecule is O=C(CCCC[C@@H]1SC[C@@H]2NC(=O)N[C@@H]21)NCCNC(=O)CCOCCOCCOCCOCCOCCOCCC(=O)ON1C(=O)CCC1=O. The van der Waals surface area contributed by atoms with Gasteiger partial charge in [-0.05, 0) is 12.8 Å². The van der Waals surface area contributed by atoms with Crippen LogP contribution in [-0.2, 0) is 57.2 Å². The first-order valence-electron chi connectivity index (χ1n) is 17.6. The molecule has 0 bridgehead atoms. The number of hydroxylamine groups is 2. The van der Waals surface area contributed by atoms with Gasteiger partial charge in [0.25, 0.3) is 11.8 Å². The lowest BCUT2D eigenvalue weighted by molar-refractivity contribution is -0.198. The fourth-order valence-electron chi connectivity index (χ4n) is 5.18. The highest BCUT2D eigenvalue weighted by atomic mass is 32.2. The van der Waals surface area contributed by atoms with Crippen LogP contribution in [0.4, 0.5) is 4.79 Å². The van der Waals surface area contributed by atoms with Crippen molar-refractivity contribution in [2.75, 3.05) is 98.1 Å². The van der Waals surface area contributed by atoms with Crippen molar-refractivity contribution in [3.63, 3.8) is 0 Å². The van der Waals surface area contributed by atoms with Crippen molar-refractivity contribution in [1.29, 1.82) is 0 Å². The molecule has 3 atom stereocenters. The minimum Gasteiger partial charge on any atom is -0.379 e. The summed E-state index contributed by atoms with van der Waals surface area (Å²) in [6.07, 6.45) is 3.37. The molecule has 4 N–H and O–H groups in total. The Morgan fingerprint density at radius 1 is 0.647 bits per heavy atom. The van der Waals surface area contributed by atoms with Crippen LogP contribution >= 0.6 is 11.8 Å². The van der Waals surface area contributed by atoms with Crippen LogP contribution in [0.25, 0.3) is 0 Å². The number of thioether (sulfide) groups is 1. The second-order valence-corrected chi connectivity index (χ2v) is 13.1. The van der Waals surface area contributed by atoms with Crippen molar-refractivity contribution in [3.8, 4) is 0 Å². The summed E-state index contributed by atoms with van der Waals surface area (Å²) in [6, 6.07) is 0.325. The van der Waals surface area contributed by atoms with Crippen LogP contribution in [-0.4, -0.2) is 156 Å². The molecule has 18 nitrogen and oxygen atoms in total. The molecule has 3 aliphatic heterocycles. The number of amides is 6. The van der Waals surface area contributed by atoms with E-state index in [2.05, 4.69) is 21.3 Å². The second kappa shape index (κ2) is 25.8. The number of urea groups is 1. The number of carbonyl (C=O) groups excluding carboxylic acids is 6. The Morgan fingerprint density at radius 3 is 1.69 bits per heavy atom. The van der Waals surface area contributed by atoms with Gasteiger partial charge in [-0.15, -0.1) is 5.06 Å². The van der Waals surface area contributed by atoms with E-state index in [1.165, 1.54) is 0 Å². The summed E-state index contributed by atoms with van der Waals surface area (Å²) >= 11 is 1.87. The van der Waals surface area contributed by atoms with Crippen LogP contribution in [0, 0.1) is 0 Å². The number of nitrogens with zero attached hydrogens (tertiary/aromatic N) is 1. The number of hydrogen-bond donors (Lipinski definition) is 4. The van der Waals surface area contributed by atoms with Gasteiger partial charge in [0.05, 0.1) is 97.8 Å². The van der Waals surface area contributed by atoms with Gasteiger partial charge in [0.1, 0.15) is 0 Å². The number of fused-ring (bicyclic) bond motifs is 1. The lowest BCUT2D eigenvalue weighted by atomic mass is 10.0. The average Bonchev–Trinajstić information content (AvgIpc) is 3.77. The minimum absolute atomic E-state index is 0.0298. The van der Waals surface area contributed by atoms with Crippen LogP contribution in [0.5, 0.6) is 0 Å². The van der Waals surface area contributed by atoms with E-state index < -0.39 is 17.8 Å². The molecule has 6 amide bonds. The zero-order valence-corrected chi connectivity index (χ0v) is 30.0. The maximum atomic E-state index is 12.1. The van der Waals surface area contributed by atoms with E-state index in [0.29, 0.717) is 89.3 Å². The summed E-state index contributed by atoms with van der Waals surface area (Å²) in [5.41, 5.74) is 0. The van der Waals surface area contributed by atoms with Crippen LogP contribution in [0.1, 0.15) is 51.4 Å². The number of unbranched alkanes of at least 4 members (excludes halogenated alkanes) is 1. The minimum atomic E-state index is -0.710. The smallest absolute Gasteiger partial charge is 0.335 e. The van der Waals surface area contributed by atoms with Crippen molar-refractivity contribution in [3.05, 3.63) is 0 Å². The van der Waals surface area contributed by atoms with E-state index in [1.807, 2.05) is 11.8 Å². The first kappa shape index (κ1) is 42.3. The topological polar surface area (TPSA) is 218 Å². The molecule has 0 unspecified atom stereocenters. The van der Waals surface area contributed by atoms with E-state index in [1.54, 1.807) is 0 Å². The van der Waals surface area contributed by atoms with E-state index in [9.17, 15) is 28.8 Å². The highest BCUT2D eigenvalue weighted by Crippen LogP contribution is 2.33. The van der Waals surface area contributed by atoms with E-state index in [-0.39, 0.29) is 75.4 Å². The van der Waals surface area contributed by atoms with Crippen molar-refractivity contribution in [2.45, 2.75) is 68.7 Å². The average molecular weight is 748 g/mol. The summed E-state index contributed by atoms with van der Waals surface area (Å²) in [5.74, 6) is -0.989. The first-order chi connectivity index (χ1) is 24.8. The molecule has 3 rings (SSSR count). The number of imide groups is 1. The van der Waals surface area contributed by atoms with Gasteiger partial charge in [0, 0.05) is 49.8 Å². The molecule has 0 aromatic heterocycles. The third-order valence-corrected chi connectivity index (χ3v) is 9.34. The van der Waals surface area contributed by atoms with Crippen LogP contribution in [0.15, 0.2) is 0 Å². The Morgan fingerprint density at radius 2 is 1.14 bits per heavy atom. The Hall–Kier alpha value is -3.07. The van der Waals surface area contributed by atoms with Crippen molar-refractivity contribution in [1.82, 2.24) is 26.3 Å². The van der Waals surface area contributed by atoms with Gasteiger partial charge in [-0.2, -0.15) is 11.8 Å². The quantitative estimate of drug-likeness (QED) is 0.0411. The van der Waals surface area contributed by atoms with Gasteiger partial charge < -0.3 is 54.5 Å². The maximum absolute atomic E-state index is 12.1. The first-order valence-corrected chi connectivity index (χ1v) is 18.6. The summed E-state index contributed by atoms with van der Waals surface area (Å²) < 4.78 is 32.4. The zero-order valence-electron chi connectivity index (χ0n) is 29.2. The van der Waals surface area contributed by atoms with Gasteiger partial charge in [-0.1, -0.05) is 6.42 Å². The fourth-order valence-corrected chi connectivity index (χ4v) is 6.73. The molecule has 0 aromatic rings. The van der Waals surface area contributed by atoms with E-state index >= 15 is 0 Å². The van der Waals surface area contributed by atoms with Gasteiger partial charge in [-0.3, -0.25) is 19.2 Å². The van der Waals surface area contributed by atoms with Gasteiger partial charge in [0.15, 0.2) is 0 Å². The third-order valence-electron chi connectivity index (χ3n) is 7.83. The summed E-state index contributed by atoms with van der Waals surface area (Å²) in [4.78, 5) is 74.7. The molecular weight excluding hydrogens is 694 g/mol. The van der Waals surface area contributed by atoms with Gasteiger partial charge in [-0.25, -0.2) is 9.59 Å². The van der Waals surface area contributed by atoms with Gasteiger partial charge in [0.2, 0.25) is 11.8 Å². The number of ether oxygens (including phenoxy) is 6. The molecule has 19 heteroatoms. The monoisotopic (exact) mass is 747 g/mol. The normalized spacial score (nSPS) is 19.6. The molecule has 3 saturated heterocycles. The maximum Gasteiger partial charge on any atom is 0.335 e. The lowest BCUT2D eigenvalue weighted by Gasteiger charge is -2.16. The molecular formula is C32H53N5O13S. The van der Waals surface area contributed by atoms with Crippen LogP contribution in [0.2, 0.25) is 0 Å². The van der Waals surface area contributed by atoms with Crippen molar-refractivity contribution < 1.29 is 62.0 Å². The van der Waals surface area contributed by atoms with Crippen molar-refractivity contribution >= 4 is 47.4 Å². The number of carbonyl (C=O) groups is 6. The lowest BCUT2D eigenvalue weighted by Crippen LogP contribution is -2.36. The van der Waals surface area contributed by atoms with Crippen molar-refractivity contribution in [2.24, 2.45) is 0 Å². The Labute approximate surface area is 302 Å². The predicted octanol–water partition coefficient (Wildman–Crippen LogP) is -0.568. The number of nitrogens with one attached hydrogen (secondary N) is 4. The van der Waals surface area contributed by atoms with Crippen LogP contribution in [0.3, 0.4) is 0 Å². The molecule has 290 valence electrons. The molecule has 3 heterocycles. The molecule has 0 saturated carbocycles. The Balaban J connectivity index is 0.957. The standard InChI is InChI=1S/C32H53N5O13S/c38-26(4-2-1-3-25-31-24(23-51-25)35-32(43)36-31)33-9-10-34-27(39)7-11-44-13-15-46-17-19-48-21-22-49-20-18-47-16-14-45-12-8-30(42)50-37-28(40)5-6-29(37)41/h24-25,31H,1-23H2,(H,33,38)(H,34,39)(H2,35,36,43)/t24-,25-,31-/m0/s1. The summed E-state index contributed by atoms with van der Waals surface area (Å²) in [6.45, 7) is 4.82. The Kier molecular flexibility index (Phi) is 21.4. The number of hydrogen-bond acceptors (Lipinski definition) is 14. The summed E-state index contributed by atoms with van der Waals surface area (Å²) in [7, 11) is 0. The predicted molar refractivity (Wildman–Crippen MR) is 181 cm³/mol. The fraction of sp³-hybridized carbons (Fsp3) is 0.812. The summed E-state index contributed by atoms with van der Waals surface area (Å²) in [5, 5.41) is 12.4. The number of rotatable bonds is 30. The molecule has 0 radical (unpaired) electrons. The molecule has 0 spiro atoms. The zero-order chi connectivity index (χ0) is 36.5. The highest BCUT2D eigenvalue weighted by Gasteiger charge is 2.42. The van der Waals surface area contributed by atoms with E-state index in [4.69, 9.17) is 33.3 Å². The van der Waals surface area contributed by atoms with E-state index in [0.717, 1.165) is 25.0 Å². The van der Waals surface area contributed by atoms with Gasteiger partial charge >= 0.3 is 12.0 Å². The Bertz CT molecular complexity index is 1090. The molecule has 51 heavy (non-hydrogen) atoms.